The summed E-state index contributed by atoms with van der Waals surface area (Å²) in [5, 5.41) is 17.8. The molecule has 1 rings (SSSR count). The lowest BCUT2D eigenvalue weighted by molar-refractivity contribution is 0.343. The first kappa shape index (κ1) is 9.61. The molecule has 3 heteroatoms. The molecule has 0 amide bonds. The first-order valence-electron chi connectivity index (χ1n) is 3.92. The van der Waals surface area contributed by atoms with Gasteiger partial charge in [0.05, 0.1) is 13.7 Å². The van der Waals surface area contributed by atoms with Crippen molar-refractivity contribution in [3.63, 3.8) is 0 Å². The summed E-state index contributed by atoms with van der Waals surface area (Å²) in [5.41, 5.74) is 0.878. The molecule has 0 aliphatic heterocycles. The van der Waals surface area contributed by atoms with Crippen molar-refractivity contribution in [3.05, 3.63) is 29.8 Å². The van der Waals surface area contributed by atoms with Gasteiger partial charge in [-0.1, -0.05) is 18.2 Å². The number of benzene rings is 1. The molecule has 0 bridgehead atoms. The number of phenols is 1. The molecule has 0 aromatic heterocycles. The number of aromatic hydroxyl groups is 1. The Balaban J connectivity index is 2.92. The van der Waals surface area contributed by atoms with Crippen molar-refractivity contribution in [2.24, 2.45) is 0 Å². The summed E-state index contributed by atoms with van der Waals surface area (Å²) in [5.74, 6) is 0.545. The van der Waals surface area contributed by atoms with Gasteiger partial charge in [-0.15, -0.1) is 0 Å². The van der Waals surface area contributed by atoms with Gasteiger partial charge in [0, 0.05) is 0 Å². The number of phenolic OH excluding ortho intramolecular Hbond substituents is 1. The van der Waals surface area contributed by atoms with Gasteiger partial charge in [0.2, 0.25) is 0 Å². The molecule has 3 nitrogen and oxygen atoms in total. The summed E-state index contributed by atoms with van der Waals surface area (Å²) >= 11 is 0. The van der Waals surface area contributed by atoms with Crippen LogP contribution in [0, 0.1) is 0 Å². The van der Waals surface area contributed by atoms with Gasteiger partial charge in [-0.3, -0.25) is 0 Å². The number of methoxy groups -OCH3 is 1. The second-order valence-electron chi connectivity index (χ2n) is 2.52. The van der Waals surface area contributed by atoms with E-state index in [-0.39, 0.29) is 12.4 Å². The van der Waals surface area contributed by atoms with Crippen LogP contribution in [-0.4, -0.2) is 23.9 Å². The van der Waals surface area contributed by atoms with Crippen molar-refractivity contribution in [2.75, 3.05) is 13.7 Å². The molecule has 2 N–H and O–H groups in total. The van der Waals surface area contributed by atoms with Gasteiger partial charge in [0.25, 0.3) is 0 Å². The zero-order valence-electron chi connectivity index (χ0n) is 7.40. The number of hydrogen-bond donors (Lipinski definition) is 2. The van der Waals surface area contributed by atoms with E-state index in [4.69, 9.17) is 9.84 Å². The SMILES string of the molecule is COc1cc(/C=C\CO)ccc1O. The van der Waals surface area contributed by atoms with Crippen LogP contribution < -0.4 is 4.74 Å². The van der Waals surface area contributed by atoms with Gasteiger partial charge < -0.3 is 14.9 Å². The van der Waals surface area contributed by atoms with Gasteiger partial charge in [0.1, 0.15) is 0 Å². The Morgan fingerprint density at radius 1 is 1.46 bits per heavy atom. The molecule has 13 heavy (non-hydrogen) atoms. The molecule has 0 aliphatic rings. The predicted molar refractivity (Wildman–Crippen MR) is 50.8 cm³/mol. The number of hydrogen-bond acceptors (Lipinski definition) is 3. The van der Waals surface area contributed by atoms with Gasteiger partial charge in [-0.25, -0.2) is 0 Å². The molecule has 0 fully saturated rings. The molecule has 1 aromatic rings. The fourth-order valence-electron chi connectivity index (χ4n) is 0.987. The molecule has 0 aliphatic carbocycles. The third kappa shape index (κ3) is 2.49. The van der Waals surface area contributed by atoms with Crippen molar-refractivity contribution in [1.29, 1.82) is 0 Å². The third-order valence-corrected chi connectivity index (χ3v) is 1.62. The van der Waals surface area contributed by atoms with Gasteiger partial charge >= 0.3 is 0 Å². The summed E-state index contributed by atoms with van der Waals surface area (Å²) in [6, 6.07) is 4.99. The van der Waals surface area contributed by atoms with Crippen LogP contribution in [0.1, 0.15) is 5.56 Å². The molecule has 0 saturated heterocycles. The largest absolute Gasteiger partial charge is 0.504 e. The Kier molecular flexibility index (Phi) is 3.34. The van der Waals surface area contributed by atoms with E-state index < -0.39 is 0 Å². The van der Waals surface area contributed by atoms with Crippen LogP contribution in [0.5, 0.6) is 11.5 Å². The standard InChI is InChI=1S/C10H12O3/c1-13-10-7-8(3-2-6-11)4-5-9(10)12/h2-5,7,11-12H,6H2,1H3/b3-2-. The number of aliphatic hydroxyl groups is 1. The molecule has 0 radical (unpaired) electrons. The molecule has 0 unspecified atom stereocenters. The van der Waals surface area contributed by atoms with Crippen molar-refractivity contribution in [2.45, 2.75) is 0 Å². The Morgan fingerprint density at radius 2 is 2.23 bits per heavy atom. The maximum atomic E-state index is 9.26. The Labute approximate surface area is 76.9 Å². The Hall–Kier alpha value is -1.48. The summed E-state index contributed by atoms with van der Waals surface area (Å²) in [6.45, 7) is 0.00317. The van der Waals surface area contributed by atoms with Crippen LogP contribution in [0.3, 0.4) is 0 Å². The minimum Gasteiger partial charge on any atom is -0.504 e. The summed E-state index contributed by atoms with van der Waals surface area (Å²) in [6.07, 6.45) is 3.37. The fourth-order valence-corrected chi connectivity index (χ4v) is 0.987. The van der Waals surface area contributed by atoms with Crippen LogP contribution in [-0.2, 0) is 0 Å². The van der Waals surface area contributed by atoms with Crippen LogP contribution in [0.2, 0.25) is 0 Å². The zero-order chi connectivity index (χ0) is 9.68. The average molecular weight is 180 g/mol. The lowest BCUT2D eigenvalue weighted by Gasteiger charge is -2.03. The van der Waals surface area contributed by atoms with Crippen LogP contribution >= 0.6 is 0 Å². The predicted octanol–water partition coefficient (Wildman–Crippen LogP) is 1.41. The molecule has 1 aromatic carbocycles. The van der Waals surface area contributed by atoms with Crippen LogP contribution in [0.4, 0.5) is 0 Å². The van der Waals surface area contributed by atoms with E-state index in [0.717, 1.165) is 5.56 Å². The molecular formula is C10H12O3. The molecule has 0 saturated carbocycles. The monoisotopic (exact) mass is 180 g/mol. The summed E-state index contributed by atoms with van der Waals surface area (Å²) < 4.78 is 4.92. The van der Waals surface area contributed by atoms with Crippen LogP contribution in [0.15, 0.2) is 24.3 Å². The number of aliphatic hydroxyl groups excluding tert-OH is 1. The third-order valence-electron chi connectivity index (χ3n) is 1.62. The van der Waals surface area contributed by atoms with Crippen molar-refractivity contribution in [3.8, 4) is 11.5 Å². The van der Waals surface area contributed by atoms with Crippen molar-refractivity contribution >= 4 is 6.08 Å². The van der Waals surface area contributed by atoms with Gasteiger partial charge in [0.15, 0.2) is 11.5 Å². The maximum Gasteiger partial charge on any atom is 0.161 e. The Morgan fingerprint density at radius 3 is 2.85 bits per heavy atom. The number of ether oxygens (including phenoxy) is 1. The highest BCUT2D eigenvalue weighted by Crippen LogP contribution is 2.26. The molecule has 0 spiro atoms. The molecular weight excluding hydrogens is 168 g/mol. The van der Waals surface area contributed by atoms with E-state index in [1.165, 1.54) is 7.11 Å². The second-order valence-corrected chi connectivity index (χ2v) is 2.52. The van der Waals surface area contributed by atoms with Crippen molar-refractivity contribution in [1.82, 2.24) is 0 Å². The van der Waals surface area contributed by atoms with E-state index in [1.807, 2.05) is 0 Å². The lowest BCUT2D eigenvalue weighted by Crippen LogP contribution is -1.84. The topological polar surface area (TPSA) is 49.7 Å². The number of rotatable bonds is 3. The zero-order valence-corrected chi connectivity index (χ0v) is 7.40. The van der Waals surface area contributed by atoms with Gasteiger partial charge in [-0.05, 0) is 17.7 Å². The minimum atomic E-state index is 0.00317. The van der Waals surface area contributed by atoms with E-state index >= 15 is 0 Å². The summed E-state index contributed by atoms with van der Waals surface area (Å²) in [7, 11) is 1.49. The van der Waals surface area contributed by atoms with Crippen LogP contribution in [0.25, 0.3) is 6.08 Å². The highest BCUT2D eigenvalue weighted by atomic mass is 16.5. The van der Waals surface area contributed by atoms with Gasteiger partial charge in [-0.2, -0.15) is 0 Å². The smallest absolute Gasteiger partial charge is 0.161 e. The molecule has 70 valence electrons. The highest BCUT2D eigenvalue weighted by Gasteiger charge is 1.99. The first-order valence-corrected chi connectivity index (χ1v) is 3.92. The van der Waals surface area contributed by atoms with Crippen molar-refractivity contribution < 1.29 is 14.9 Å². The second kappa shape index (κ2) is 4.52. The fraction of sp³-hybridized carbons (Fsp3) is 0.200. The normalized spacial score (nSPS) is 10.6. The highest BCUT2D eigenvalue weighted by molar-refractivity contribution is 5.55. The minimum absolute atomic E-state index is 0.00317. The Bertz CT molecular complexity index is 305. The lowest BCUT2D eigenvalue weighted by atomic mass is 10.2. The summed E-state index contributed by atoms with van der Waals surface area (Å²) in [4.78, 5) is 0. The van der Waals surface area contributed by atoms with E-state index in [2.05, 4.69) is 0 Å². The van der Waals surface area contributed by atoms with E-state index in [0.29, 0.717) is 5.75 Å². The molecule has 0 atom stereocenters. The molecule has 0 heterocycles. The maximum absolute atomic E-state index is 9.26. The average Bonchev–Trinajstić information content (AvgIpc) is 2.16. The quantitative estimate of drug-likeness (QED) is 0.739. The first-order chi connectivity index (χ1) is 6.27. The van der Waals surface area contributed by atoms with E-state index in [9.17, 15) is 5.11 Å². The van der Waals surface area contributed by atoms with E-state index in [1.54, 1.807) is 30.4 Å².